The molecule has 0 unspecified atom stereocenters. The minimum Gasteiger partial charge on any atom is -0.469 e. The van der Waals surface area contributed by atoms with Gasteiger partial charge < -0.3 is 4.74 Å². The zero-order valence-corrected chi connectivity index (χ0v) is 22.0. The lowest BCUT2D eigenvalue weighted by atomic mass is 10.1. The topological polar surface area (TPSA) is 105 Å². The molecule has 5 rings (SSSR count). The quantitative estimate of drug-likeness (QED) is 0.347. The summed E-state index contributed by atoms with van der Waals surface area (Å²) in [5.41, 5.74) is 0.0359. The second-order valence-electron chi connectivity index (χ2n) is 9.23. The SMILES string of the molecule is COC(=O)[C@H]1C[C@@H]1c1cc(C)n(-c2c(C)cnc(-c3ccnc(-n4nc(C)nc4C)c3F)c2F)c(=O)c1Cl. The fraction of sp³-hybridized carbons (Fsp3) is 0.308. The summed E-state index contributed by atoms with van der Waals surface area (Å²) in [4.78, 5) is 37.7. The highest BCUT2D eigenvalue weighted by Crippen LogP contribution is 2.50. The minimum atomic E-state index is -0.902. The summed E-state index contributed by atoms with van der Waals surface area (Å²) in [6.07, 6.45) is 3.19. The van der Waals surface area contributed by atoms with E-state index in [1.165, 1.54) is 30.3 Å². The maximum atomic E-state index is 16.1. The van der Waals surface area contributed by atoms with Gasteiger partial charge in [-0.1, -0.05) is 11.6 Å². The van der Waals surface area contributed by atoms with Crippen LogP contribution in [0.3, 0.4) is 0 Å². The molecule has 196 valence electrons. The van der Waals surface area contributed by atoms with Gasteiger partial charge in [0.05, 0.1) is 18.7 Å². The first kappa shape index (κ1) is 25.7. The van der Waals surface area contributed by atoms with Gasteiger partial charge in [-0.05, 0) is 63.3 Å². The molecule has 0 N–H and O–H groups in total. The van der Waals surface area contributed by atoms with E-state index in [-0.39, 0.29) is 45.6 Å². The van der Waals surface area contributed by atoms with E-state index >= 15 is 8.78 Å². The van der Waals surface area contributed by atoms with Crippen molar-refractivity contribution in [3.8, 4) is 22.8 Å². The molecular weight excluding hydrogens is 518 g/mol. The van der Waals surface area contributed by atoms with Crippen LogP contribution in [0, 0.1) is 45.2 Å². The summed E-state index contributed by atoms with van der Waals surface area (Å²) in [5, 5.41) is 4.05. The predicted molar refractivity (Wildman–Crippen MR) is 135 cm³/mol. The van der Waals surface area contributed by atoms with Gasteiger partial charge in [0.25, 0.3) is 5.56 Å². The molecule has 12 heteroatoms. The van der Waals surface area contributed by atoms with E-state index in [2.05, 4.69) is 20.1 Å². The number of pyridine rings is 3. The van der Waals surface area contributed by atoms with Crippen LogP contribution in [-0.2, 0) is 9.53 Å². The van der Waals surface area contributed by atoms with Crippen LogP contribution >= 0.6 is 11.6 Å². The molecule has 9 nitrogen and oxygen atoms in total. The Morgan fingerprint density at radius 3 is 2.55 bits per heavy atom. The van der Waals surface area contributed by atoms with E-state index in [9.17, 15) is 9.59 Å². The lowest BCUT2D eigenvalue weighted by Crippen LogP contribution is -2.25. The number of carbonyl (C=O) groups is 1. The first-order chi connectivity index (χ1) is 18.0. The Labute approximate surface area is 221 Å². The Hall–Kier alpha value is -3.99. The van der Waals surface area contributed by atoms with E-state index in [1.54, 1.807) is 33.8 Å². The number of rotatable bonds is 5. The number of ether oxygens (including phenoxy) is 1. The lowest BCUT2D eigenvalue weighted by Gasteiger charge is -2.18. The molecule has 1 aliphatic carbocycles. The number of hydrogen-bond donors (Lipinski definition) is 0. The number of methoxy groups -OCH3 is 1. The van der Waals surface area contributed by atoms with E-state index in [1.807, 2.05) is 0 Å². The van der Waals surface area contributed by atoms with Crippen LogP contribution in [0.25, 0.3) is 22.8 Å². The highest BCUT2D eigenvalue weighted by molar-refractivity contribution is 6.31. The van der Waals surface area contributed by atoms with Gasteiger partial charge >= 0.3 is 5.97 Å². The maximum absolute atomic E-state index is 16.1. The van der Waals surface area contributed by atoms with Gasteiger partial charge in [-0.3, -0.25) is 19.1 Å². The highest BCUT2D eigenvalue weighted by atomic mass is 35.5. The van der Waals surface area contributed by atoms with Crippen molar-refractivity contribution in [3.63, 3.8) is 0 Å². The van der Waals surface area contributed by atoms with Gasteiger partial charge in [0, 0.05) is 23.7 Å². The molecule has 4 aromatic rings. The van der Waals surface area contributed by atoms with E-state index in [4.69, 9.17) is 16.3 Å². The molecule has 1 aliphatic rings. The molecule has 4 aromatic heterocycles. The summed E-state index contributed by atoms with van der Waals surface area (Å²) in [7, 11) is 1.30. The standard InChI is InChI=1S/C26H23ClF2N6O3/c1-11-10-31-22(15-6-7-30-24(20(15)28)35-14(4)32-13(3)33-35)21(29)23(11)34-12(2)8-17(19(27)25(34)36)16-9-18(16)26(37)38-5/h6-8,10,16,18H,9H2,1-5H3/t16-,18+/m1/s1. The molecular formula is C26H23ClF2N6O3. The molecule has 2 atom stereocenters. The van der Waals surface area contributed by atoms with Crippen molar-refractivity contribution in [1.29, 1.82) is 0 Å². The van der Waals surface area contributed by atoms with Crippen LogP contribution < -0.4 is 5.56 Å². The number of carbonyl (C=O) groups excluding carboxylic acids is 1. The second-order valence-corrected chi connectivity index (χ2v) is 9.61. The Kier molecular flexibility index (Phi) is 6.34. The smallest absolute Gasteiger partial charge is 0.309 e. The predicted octanol–water partition coefficient (Wildman–Crippen LogP) is 4.32. The van der Waals surface area contributed by atoms with Gasteiger partial charge in [-0.2, -0.15) is 4.68 Å². The molecule has 0 saturated heterocycles. The van der Waals surface area contributed by atoms with Gasteiger partial charge in [0.1, 0.15) is 22.4 Å². The minimum absolute atomic E-state index is 0.100. The Morgan fingerprint density at radius 1 is 1.16 bits per heavy atom. The first-order valence-corrected chi connectivity index (χ1v) is 12.1. The first-order valence-electron chi connectivity index (χ1n) is 11.8. The van der Waals surface area contributed by atoms with Crippen LogP contribution in [0.15, 0.2) is 29.3 Å². The van der Waals surface area contributed by atoms with Crippen molar-refractivity contribution in [3.05, 3.63) is 80.0 Å². The van der Waals surface area contributed by atoms with Crippen LogP contribution in [-0.4, -0.2) is 42.4 Å². The Bertz CT molecular complexity index is 1680. The summed E-state index contributed by atoms with van der Waals surface area (Å²) >= 11 is 6.45. The molecule has 0 aliphatic heterocycles. The number of hydrogen-bond acceptors (Lipinski definition) is 7. The van der Waals surface area contributed by atoms with Crippen LogP contribution in [0.1, 0.15) is 40.8 Å². The number of aryl methyl sites for hydroxylation is 4. The van der Waals surface area contributed by atoms with Crippen LogP contribution in [0.5, 0.6) is 0 Å². The van der Waals surface area contributed by atoms with Crippen molar-refractivity contribution in [2.75, 3.05) is 7.11 Å². The van der Waals surface area contributed by atoms with Gasteiger partial charge in [0.15, 0.2) is 17.5 Å². The van der Waals surface area contributed by atoms with E-state index in [0.717, 1.165) is 4.57 Å². The zero-order valence-electron chi connectivity index (χ0n) is 21.2. The second kappa shape index (κ2) is 9.39. The van der Waals surface area contributed by atoms with E-state index < -0.39 is 17.2 Å². The molecule has 1 saturated carbocycles. The molecule has 1 fully saturated rings. The van der Waals surface area contributed by atoms with Gasteiger partial charge in [-0.25, -0.2) is 18.7 Å². The van der Waals surface area contributed by atoms with Crippen LogP contribution in [0.4, 0.5) is 8.78 Å². The molecule has 0 bridgehead atoms. The fourth-order valence-electron chi connectivity index (χ4n) is 4.74. The summed E-state index contributed by atoms with van der Waals surface area (Å²) in [6, 6.07) is 2.96. The van der Waals surface area contributed by atoms with Crippen molar-refractivity contribution in [2.24, 2.45) is 5.92 Å². The number of halogens is 3. The molecule has 0 radical (unpaired) electrons. The Balaban J connectivity index is 1.64. The largest absolute Gasteiger partial charge is 0.469 e. The van der Waals surface area contributed by atoms with Crippen molar-refractivity contribution >= 4 is 17.6 Å². The zero-order chi connectivity index (χ0) is 27.5. The number of nitrogens with zero attached hydrogens (tertiary/aromatic N) is 6. The number of esters is 1. The monoisotopic (exact) mass is 540 g/mol. The fourth-order valence-corrected chi connectivity index (χ4v) is 5.02. The van der Waals surface area contributed by atoms with Crippen LogP contribution in [0.2, 0.25) is 5.02 Å². The van der Waals surface area contributed by atoms with E-state index in [0.29, 0.717) is 34.9 Å². The summed E-state index contributed by atoms with van der Waals surface area (Å²) in [6.45, 7) is 6.53. The molecule has 0 spiro atoms. The average Bonchev–Trinajstić information content (AvgIpc) is 3.60. The van der Waals surface area contributed by atoms with Crippen molar-refractivity contribution in [1.82, 2.24) is 29.3 Å². The number of aromatic nitrogens is 6. The normalized spacial score (nSPS) is 16.5. The molecule has 4 heterocycles. The third-order valence-electron chi connectivity index (χ3n) is 6.66. The third-order valence-corrected chi connectivity index (χ3v) is 7.04. The van der Waals surface area contributed by atoms with Crippen molar-refractivity contribution < 1.29 is 18.3 Å². The molecule has 0 amide bonds. The Morgan fingerprint density at radius 2 is 1.89 bits per heavy atom. The highest BCUT2D eigenvalue weighted by Gasteiger charge is 2.46. The lowest BCUT2D eigenvalue weighted by molar-refractivity contribution is -0.142. The van der Waals surface area contributed by atoms with Crippen molar-refractivity contribution in [2.45, 2.75) is 40.0 Å². The summed E-state index contributed by atoms with van der Waals surface area (Å²) < 4.78 is 39.0. The van der Waals surface area contributed by atoms with Gasteiger partial charge in [-0.15, -0.1) is 5.10 Å². The molecule has 0 aromatic carbocycles. The summed E-state index contributed by atoms with van der Waals surface area (Å²) in [5.74, 6) is -2.07. The third kappa shape index (κ3) is 4.07. The molecule has 38 heavy (non-hydrogen) atoms. The maximum Gasteiger partial charge on any atom is 0.309 e. The average molecular weight is 541 g/mol. The van der Waals surface area contributed by atoms with Gasteiger partial charge in [0.2, 0.25) is 0 Å².